The van der Waals surface area contributed by atoms with Crippen LogP contribution in [0.5, 0.6) is 0 Å². The number of carbonyl (C=O) groups excluding carboxylic acids is 2. The number of hydrogen-bond acceptors (Lipinski definition) is 3. The molecule has 4 heteroatoms. The van der Waals surface area contributed by atoms with Gasteiger partial charge in [-0.25, -0.2) is 0 Å². The van der Waals surface area contributed by atoms with Crippen LogP contribution in [0.3, 0.4) is 0 Å². The summed E-state index contributed by atoms with van der Waals surface area (Å²) in [5, 5.41) is 5.51. The summed E-state index contributed by atoms with van der Waals surface area (Å²) in [5.74, 6) is -0.915. The highest BCUT2D eigenvalue weighted by molar-refractivity contribution is 6.38. The third-order valence-electron chi connectivity index (χ3n) is 2.76. The van der Waals surface area contributed by atoms with Crippen LogP contribution in [-0.4, -0.2) is 24.8 Å². The molecular weight excluding hydrogens is 228 g/mol. The van der Waals surface area contributed by atoms with Crippen LogP contribution < -0.4 is 10.6 Å². The van der Waals surface area contributed by atoms with E-state index in [1.165, 1.54) is 0 Å². The number of nitrogens with one attached hydrogen (secondary N) is 2. The Balaban J connectivity index is 2.47. The van der Waals surface area contributed by atoms with Crippen LogP contribution in [0.4, 0.5) is 0 Å². The minimum Gasteiger partial charge on any atom is -0.345 e. The van der Waals surface area contributed by atoms with Gasteiger partial charge in [-0.2, -0.15) is 0 Å². The van der Waals surface area contributed by atoms with E-state index in [0.29, 0.717) is 13.0 Å². The first kappa shape index (κ1) is 14.4. The fourth-order valence-corrected chi connectivity index (χ4v) is 1.72. The Morgan fingerprint density at radius 1 is 1.22 bits per heavy atom. The van der Waals surface area contributed by atoms with Crippen molar-refractivity contribution in [2.24, 2.45) is 0 Å². The van der Waals surface area contributed by atoms with E-state index in [2.05, 4.69) is 10.6 Å². The van der Waals surface area contributed by atoms with E-state index >= 15 is 0 Å². The number of benzene rings is 1. The van der Waals surface area contributed by atoms with Crippen LogP contribution in [-0.2, 0) is 16.1 Å². The molecular formula is C14H20N2O2. The van der Waals surface area contributed by atoms with Gasteiger partial charge in [0.15, 0.2) is 0 Å². The lowest BCUT2D eigenvalue weighted by molar-refractivity contribution is -0.139. The maximum Gasteiger partial charge on any atom is 0.289 e. The Morgan fingerprint density at radius 3 is 2.44 bits per heavy atom. The van der Waals surface area contributed by atoms with Crippen LogP contribution in [0.25, 0.3) is 0 Å². The highest BCUT2D eigenvalue weighted by atomic mass is 16.2. The van der Waals surface area contributed by atoms with Gasteiger partial charge in [-0.05, 0) is 19.0 Å². The van der Waals surface area contributed by atoms with E-state index in [0.717, 1.165) is 12.0 Å². The summed E-state index contributed by atoms with van der Waals surface area (Å²) in [4.78, 5) is 23.5. The van der Waals surface area contributed by atoms with Gasteiger partial charge in [0.05, 0.1) is 6.04 Å². The number of Topliss-reactive ketones (excluding diaryl/α,β-unsaturated/α-hetero) is 1. The van der Waals surface area contributed by atoms with E-state index < -0.39 is 11.7 Å². The second-order valence-electron chi connectivity index (χ2n) is 4.16. The fraction of sp³-hybridized carbons (Fsp3) is 0.429. The van der Waals surface area contributed by atoms with Gasteiger partial charge in [0, 0.05) is 6.54 Å². The zero-order valence-corrected chi connectivity index (χ0v) is 10.9. The second kappa shape index (κ2) is 7.61. The molecule has 0 spiro atoms. The molecule has 0 aliphatic carbocycles. The smallest absolute Gasteiger partial charge is 0.289 e. The maximum atomic E-state index is 11.8. The van der Waals surface area contributed by atoms with Crippen LogP contribution >= 0.6 is 0 Å². The van der Waals surface area contributed by atoms with Gasteiger partial charge in [-0.15, -0.1) is 0 Å². The number of amides is 1. The van der Waals surface area contributed by atoms with Crippen molar-refractivity contribution < 1.29 is 9.59 Å². The van der Waals surface area contributed by atoms with Crippen molar-refractivity contribution in [3.8, 4) is 0 Å². The van der Waals surface area contributed by atoms with Gasteiger partial charge in [0.25, 0.3) is 5.91 Å². The summed E-state index contributed by atoms with van der Waals surface area (Å²) in [6.45, 7) is 2.37. The third-order valence-corrected chi connectivity index (χ3v) is 2.76. The first-order chi connectivity index (χ1) is 8.69. The standard InChI is InChI=1S/C14H20N2O2/c1-3-7-12(15-2)13(17)14(18)16-10-11-8-5-4-6-9-11/h4-6,8-9,12,15H,3,7,10H2,1-2H3,(H,16,18). The fourth-order valence-electron chi connectivity index (χ4n) is 1.72. The second-order valence-corrected chi connectivity index (χ2v) is 4.16. The van der Waals surface area contributed by atoms with E-state index in [1.807, 2.05) is 37.3 Å². The maximum absolute atomic E-state index is 11.8. The van der Waals surface area contributed by atoms with Crippen LogP contribution in [0, 0.1) is 0 Å². The minimum absolute atomic E-state index is 0.383. The highest BCUT2D eigenvalue weighted by Crippen LogP contribution is 2.00. The van der Waals surface area contributed by atoms with Crippen LogP contribution in [0.1, 0.15) is 25.3 Å². The predicted octanol–water partition coefficient (Wildman–Crippen LogP) is 1.26. The van der Waals surface area contributed by atoms with E-state index in [1.54, 1.807) is 7.05 Å². The monoisotopic (exact) mass is 248 g/mol. The topological polar surface area (TPSA) is 58.2 Å². The zero-order valence-electron chi connectivity index (χ0n) is 10.9. The lowest BCUT2D eigenvalue weighted by Gasteiger charge is -2.13. The Morgan fingerprint density at radius 2 is 1.89 bits per heavy atom. The molecule has 98 valence electrons. The molecule has 1 amide bonds. The Bertz CT molecular complexity index is 390. The molecule has 1 atom stereocenters. The molecule has 0 saturated carbocycles. The van der Waals surface area contributed by atoms with Crippen molar-refractivity contribution in [1.29, 1.82) is 0 Å². The van der Waals surface area contributed by atoms with Crippen molar-refractivity contribution in [3.05, 3.63) is 35.9 Å². The average molecular weight is 248 g/mol. The largest absolute Gasteiger partial charge is 0.345 e. The average Bonchev–Trinajstić information content (AvgIpc) is 2.42. The van der Waals surface area contributed by atoms with Gasteiger partial charge in [0.2, 0.25) is 5.78 Å². The molecule has 1 aromatic carbocycles. The SMILES string of the molecule is CCCC(NC)C(=O)C(=O)NCc1ccccc1. The van der Waals surface area contributed by atoms with Gasteiger partial charge in [-0.1, -0.05) is 43.7 Å². The molecule has 0 fully saturated rings. The summed E-state index contributed by atoms with van der Waals surface area (Å²) in [6, 6.07) is 9.15. The van der Waals surface area contributed by atoms with Crippen molar-refractivity contribution in [3.63, 3.8) is 0 Å². The van der Waals surface area contributed by atoms with Crippen LogP contribution in [0.15, 0.2) is 30.3 Å². The summed E-state index contributed by atoms with van der Waals surface area (Å²) in [5.41, 5.74) is 0.982. The molecule has 1 rings (SSSR count). The van der Waals surface area contributed by atoms with Gasteiger partial charge in [-0.3, -0.25) is 9.59 Å². The minimum atomic E-state index is -0.522. The van der Waals surface area contributed by atoms with Crippen LogP contribution in [0.2, 0.25) is 0 Å². The molecule has 2 N–H and O–H groups in total. The van der Waals surface area contributed by atoms with E-state index in [-0.39, 0.29) is 6.04 Å². The molecule has 0 aliphatic heterocycles. The zero-order chi connectivity index (χ0) is 13.4. The first-order valence-electron chi connectivity index (χ1n) is 6.22. The first-order valence-corrected chi connectivity index (χ1v) is 6.22. The molecule has 0 saturated heterocycles. The van der Waals surface area contributed by atoms with Gasteiger partial charge in [0.1, 0.15) is 0 Å². The van der Waals surface area contributed by atoms with Gasteiger partial charge >= 0.3 is 0 Å². The molecule has 1 aromatic rings. The van der Waals surface area contributed by atoms with Crippen molar-refractivity contribution in [1.82, 2.24) is 10.6 Å². The van der Waals surface area contributed by atoms with E-state index in [9.17, 15) is 9.59 Å². The van der Waals surface area contributed by atoms with Crippen molar-refractivity contribution in [2.75, 3.05) is 7.05 Å². The molecule has 4 nitrogen and oxygen atoms in total. The quantitative estimate of drug-likeness (QED) is 0.714. The highest BCUT2D eigenvalue weighted by Gasteiger charge is 2.22. The lowest BCUT2D eigenvalue weighted by atomic mass is 10.1. The molecule has 0 bridgehead atoms. The Kier molecular flexibility index (Phi) is 6.08. The summed E-state index contributed by atoms with van der Waals surface area (Å²) in [7, 11) is 1.70. The summed E-state index contributed by atoms with van der Waals surface area (Å²) >= 11 is 0. The Hall–Kier alpha value is -1.68. The third kappa shape index (κ3) is 4.30. The summed E-state index contributed by atoms with van der Waals surface area (Å²) < 4.78 is 0. The number of likely N-dealkylation sites (N-methyl/N-ethyl adjacent to an activating group) is 1. The molecule has 0 aliphatic rings. The molecule has 18 heavy (non-hydrogen) atoms. The Labute approximate surface area is 108 Å². The number of ketones is 1. The normalized spacial score (nSPS) is 11.9. The number of hydrogen-bond donors (Lipinski definition) is 2. The van der Waals surface area contributed by atoms with Crippen molar-refractivity contribution in [2.45, 2.75) is 32.4 Å². The van der Waals surface area contributed by atoms with E-state index in [4.69, 9.17) is 0 Å². The number of rotatable bonds is 7. The molecule has 1 unspecified atom stereocenters. The number of carbonyl (C=O) groups is 2. The molecule has 0 heterocycles. The summed E-state index contributed by atoms with van der Waals surface area (Å²) in [6.07, 6.45) is 1.54. The molecule has 0 aromatic heterocycles. The van der Waals surface area contributed by atoms with Crippen molar-refractivity contribution >= 4 is 11.7 Å². The molecule has 0 radical (unpaired) electrons. The van der Waals surface area contributed by atoms with Gasteiger partial charge < -0.3 is 10.6 Å². The lowest BCUT2D eigenvalue weighted by Crippen LogP contribution is -2.43. The predicted molar refractivity (Wildman–Crippen MR) is 71.1 cm³/mol.